The molecule has 0 aromatic heterocycles. The second-order valence-corrected chi connectivity index (χ2v) is 11.9. The van der Waals surface area contributed by atoms with Gasteiger partial charge in [0.25, 0.3) is 0 Å². The summed E-state index contributed by atoms with van der Waals surface area (Å²) >= 11 is 2.71. The molecule has 14 heteroatoms. The average molecular weight is 722 g/mol. The molecule has 0 bridgehead atoms. The van der Waals surface area contributed by atoms with Gasteiger partial charge in [-0.1, -0.05) is 15.9 Å². The van der Waals surface area contributed by atoms with Crippen LogP contribution in [-0.4, -0.2) is 149 Å². The average Bonchev–Trinajstić information content (AvgIpc) is 3.06. The maximum absolute atomic E-state index is 9.87. The van der Waals surface area contributed by atoms with E-state index in [9.17, 15) is 14.7 Å². The second kappa shape index (κ2) is 34.5. The minimum atomic E-state index is -2.92. The van der Waals surface area contributed by atoms with Crippen LogP contribution in [0, 0.1) is 0 Å². The summed E-state index contributed by atoms with van der Waals surface area (Å²) in [4.78, 5) is 26.9. The van der Waals surface area contributed by atoms with E-state index in [0.29, 0.717) is 0 Å². The van der Waals surface area contributed by atoms with Crippen molar-refractivity contribution in [2.24, 2.45) is 0 Å². The van der Waals surface area contributed by atoms with Crippen LogP contribution in [0.2, 0.25) is 0 Å². The molecule has 0 atom stereocenters. The summed E-state index contributed by atoms with van der Waals surface area (Å²) < 4.78 is 4.83. The van der Waals surface area contributed by atoms with E-state index in [1.165, 1.54) is 96.5 Å². The van der Waals surface area contributed by atoms with E-state index < -0.39 is 19.3 Å². The highest BCUT2D eigenvalue weighted by Crippen LogP contribution is 1.99. The molecule has 276 valence electrons. The Morgan fingerprint density at radius 1 is 0.511 bits per heavy atom. The summed E-state index contributed by atoms with van der Waals surface area (Å²) in [6.45, 7) is 42.0. The molecule has 0 aliphatic heterocycles. The number of nitrogens with zero attached hydrogens (tertiary/aromatic N) is 4. The molecule has 0 N–H and O–H groups in total. The van der Waals surface area contributed by atoms with E-state index >= 15 is 0 Å². The predicted octanol–water partition coefficient (Wildman–Crippen LogP) is 0.587. The Morgan fingerprint density at radius 2 is 0.667 bits per heavy atom. The number of carbonyl (C=O) groups excluding carboxylic acids is 2. The molecule has 0 aliphatic carbocycles. The molecule has 0 saturated carbocycles. The number of carboxylic acid groups (broad SMARTS) is 1. The van der Waals surface area contributed by atoms with E-state index in [0.717, 1.165) is 0 Å². The van der Waals surface area contributed by atoms with E-state index in [2.05, 4.69) is 137 Å². The van der Waals surface area contributed by atoms with Crippen molar-refractivity contribution in [3.8, 4) is 0 Å². The van der Waals surface area contributed by atoms with Gasteiger partial charge in [-0.3, -0.25) is 12.2 Å². The highest BCUT2D eigenvalue weighted by Gasteiger charge is 2.13. The lowest BCUT2D eigenvalue weighted by Crippen LogP contribution is -2.56. The van der Waals surface area contributed by atoms with Gasteiger partial charge in [0.05, 0.1) is 107 Å². The zero-order valence-electron chi connectivity index (χ0n) is 32.2. The third-order valence-corrected chi connectivity index (χ3v) is 9.69. The van der Waals surface area contributed by atoms with Crippen LogP contribution in [-0.2, 0) is 19.4 Å². The van der Waals surface area contributed by atoms with Gasteiger partial charge in [0, 0.05) is 0 Å². The van der Waals surface area contributed by atoms with E-state index in [1.807, 2.05) is 0 Å². The Kier molecular flexibility index (Phi) is 43.3. The Balaban J connectivity index is -0.000000103. The van der Waals surface area contributed by atoms with E-state index in [4.69, 9.17) is 15.1 Å². The van der Waals surface area contributed by atoms with Gasteiger partial charge in [0.2, 0.25) is 0 Å². The number of rotatable bonds is 14. The number of aliphatic carboxylic acids is 1. The van der Waals surface area contributed by atoms with Gasteiger partial charge in [-0.25, -0.2) is 4.79 Å². The van der Waals surface area contributed by atoms with Gasteiger partial charge < -0.3 is 42.9 Å². The minimum Gasteiger partial charge on any atom is -0.907 e. The smallest absolute Gasteiger partial charge is 0.388 e. The van der Waals surface area contributed by atoms with E-state index in [1.54, 1.807) is 0 Å². The Hall–Kier alpha value is -0.835. The third-order valence-electron chi connectivity index (χ3n) is 9.51. The summed E-state index contributed by atoms with van der Waals surface area (Å²) in [7, 11) is 6.25. The lowest BCUT2D eigenvalue weighted by atomic mass is 10.3. The Morgan fingerprint density at radius 3 is 0.733 bits per heavy atom. The fraction of sp³-hybridized carbons (Fsp3) is 0.935. The lowest BCUT2D eigenvalue weighted by molar-refractivity contribution is -0.904. The topological polar surface area (TPSA) is 145 Å². The first-order valence-electron chi connectivity index (χ1n) is 16.6. The fourth-order valence-corrected chi connectivity index (χ4v) is 2.89. The van der Waals surface area contributed by atoms with Gasteiger partial charge in [0.15, 0.2) is 5.97 Å². The predicted molar refractivity (Wildman–Crippen MR) is 183 cm³/mol. The number of quaternary nitrogens is 4. The molecule has 0 spiro atoms. The normalized spacial score (nSPS) is 10.8. The van der Waals surface area contributed by atoms with Crippen molar-refractivity contribution in [1.82, 2.24) is 0 Å². The number of hydrogen-bond acceptors (Lipinski definition) is 8. The zero-order chi connectivity index (χ0) is 37.3. The zero-order valence-corrected chi connectivity index (χ0v) is 33.8. The summed E-state index contributed by atoms with van der Waals surface area (Å²) in [5.41, 5.74) is -0.0774. The first-order valence-corrected chi connectivity index (χ1v) is 17.7. The van der Waals surface area contributed by atoms with Crippen molar-refractivity contribution in [3.63, 3.8) is 0 Å². The summed E-state index contributed by atoms with van der Waals surface area (Å²) in [6, 6.07) is 0. The van der Waals surface area contributed by atoms with Gasteiger partial charge in [0.1, 0.15) is 5.52 Å². The van der Waals surface area contributed by atoms with Crippen LogP contribution in [0.15, 0.2) is 0 Å². The molecule has 0 rings (SSSR count). The van der Waals surface area contributed by atoms with Crippen LogP contribution in [0.4, 0.5) is 0 Å². The van der Waals surface area contributed by atoms with Gasteiger partial charge >= 0.3 is 5.97 Å². The van der Waals surface area contributed by atoms with Crippen LogP contribution in [0.5, 0.6) is 0 Å². The molecule has 12 nitrogen and oxygen atoms in total. The highest BCUT2D eigenvalue weighted by atomic mass is 79.9. The van der Waals surface area contributed by atoms with Crippen LogP contribution < -0.4 is 20.2 Å². The molecule has 0 aromatic rings. The first-order chi connectivity index (χ1) is 20.6. The number of alkyl halides is 1. The monoisotopic (exact) mass is 720 g/mol. The number of hydrogen-bond donors (Lipinski definition) is 0. The molecular weight excluding hydrogens is 647 g/mol. The summed E-state index contributed by atoms with van der Waals surface area (Å²) in [5.74, 6) is -3.48. The fourth-order valence-electron chi connectivity index (χ4n) is 2.79. The molecule has 0 saturated heterocycles. The first kappa shape index (κ1) is 56.5. The van der Waals surface area contributed by atoms with Crippen LogP contribution in [0.3, 0.4) is 0 Å². The maximum Gasteiger partial charge on any atom is 0.388 e. The largest absolute Gasteiger partial charge is 0.907 e. The number of carboxylic acids is 1. The Labute approximate surface area is 287 Å². The number of carbonyl (C=O) groups is 2. The molecule has 0 heterocycles. The Bertz CT molecular complexity index is 541. The highest BCUT2D eigenvalue weighted by molar-refractivity contribution is 9.09. The van der Waals surface area contributed by atoms with Crippen molar-refractivity contribution in [3.05, 3.63) is 0 Å². The second-order valence-electron chi connectivity index (χ2n) is 11.4. The number of halogens is 1. The maximum atomic E-state index is 9.87. The van der Waals surface area contributed by atoms with Crippen LogP contribution in [0.1, 0.15) is 83.1 Å². The molecule has 0 unspecified atom stereocenters. The van der Waals surface area contributed by atoms with Crippen molar-refractivity contribution in [1.29, 1.82) is 0 Å². The molecule has 0 aliphatic rings. The van der Waals surface area contributed by atoms with Crippen molar-refractivity contribution < 1.29 is 57.5 Å². The van der Waals surface area contributed by atoms with Crippen LogP contribution >= 0.6 is 15.9 Å². The quantitative estimate of drug-likeness (QED) is 0.0634. The molecule has 0 aromatic carbocycles. The summed E-state index contributed by atoms with van der Waals surface area (Å²) in [6.07, 6.45) is 0. The van der Waals surface area contributed by atoms with Gasteiger partial charge in [-0.05, 0) is 83.1 Å². The van der Waals surface area contributed by atoms with Crippen molar-refractivity contribution >= 4 is 35.2 Å². The molecule has 0 radical (unpaired) electrons. The molecular formula is C31H74BBrN4O8. The van der Waals surface area contributed by atoms with E-state index in [-0.39, 0.29) is 5.52 Å². The van der Waals surface area contributed by atoms with Crippen LogP contribution in [0.25, 0.3) is 0 Å². The third kappa shape index (κ3) is 39.3. The summed E-state index contributed by atoms with van der Waals surface area (Å²) in [5, 5.41) is 34.8. The lowest BCUT2D eigenvalue weighted by Gasteiger charge is -2.35. The molecule has 45 heavy (non-hydrogen) atoms. The SMILES string of the molecule is CC[N+](C)(CC)CC.CC[N+](C)(CC)CC.CC[N+](C)(CC)CC.CC[N+](C)(CC)CC.O=C([O-])C(=O)OOCBr.[O-]B([O-])[O-]. The van der Waals surface area contributed by atoms with Crippen molar-refractivity contribution in [2.45, 2.75) is 83.1 Å². The van der Waals surface area contributed by atoms with Gasteiger partial charge in [-0.2, -0.15) is 4.89 Å². The minimum absolute atomic E-state index is 0.0774. The van der Waals surface area contributed by atoms with Gasteiger partial charge in [-0.15, -0.1) is 0 Å². The van der Waals surface area contributed by atoms with Crippen molar-refractivity contribution in [2.75, 3.05) is 112 Å². The molecule has 0 fully saturated rings. The standard InChI is InChI=1S/4C7H18N.C3H3BrO5.BO3/c4*1-5-8(4,6-2)7-3;4-1-8-9-3(7)2(5)6;2-1(3)4/h4*5-7H2,1-4H3;1H2,(H,5,6);/q4*+1;;-3/p-1. The molecule has 0 amide bonds.